The minimum absolute atomic E-state index is 0.0927. The van der Waals surface area contributed by atoms with Gasteiger partial charge in [0, 0.05) is 24.3 Å². The first-order chi connectivity index (χ1) is 9.47. The van der Waals surface area contributed by atoms with E-state index in [0.29, 0.717) is 30.9 Å². The molecule has 0 aromatic heterocycles. The van der Waals surface area contributed by atoms with E-state index < -0.39 is 12.1 Å². The molecule has 0 radical (unpaired) electrons. The number of ether oxygens (including phenoxy) is 1. The maximum atomic E-state index is 12.4. The summed E-state index contributed by atoms with van der Waals surface area (Å²) in [4.78, 5) is 24.7. The molecule has 6 nitrogen and oxygen atoms in total. The molecule has 108 valence electrons. The Morgan fingerprint density at radius 1 is 1.50 bits per heavy atom. The Kier molecular flexibility index (Phi) is 4.24. The summed E-state index contributed by atoms with van der Waals surface area (Å²) in [5, 5.41) is 8.78. The highest BCUT2D eigenvalue weighted by Crippen LogP contribution is 2.17. The Balaban J connectivity index is 2.08. The quantitative estimate of drug-likeness (QED) is 0.801. The van der Waals surface area contributed by atoms with Crippen LogP contribution in [0.4, 0.5) is 5.69 Å². The fraction of sp³-hybridized carbons (Fsp3) is 0.429. The molecule has 0 saturated carbocycles. The van der Waals surface area contributed by atoms with Crippen LogP contribution < -0.4 is 5.73 Å². The predicted octanol–water partition coefficient (Wildman–Crippen LogP) is 0.893. The minimum Gasteiger partial charge on any atom is -0.481 e. The number of nitrogen functional groups attached to an aromatic ring is 1. The molecule has 0 aliphatic carbocycles. The van der Waals surface area contributed by atoms with E-state index >= 15 is 0 Å². The number of aryl methyl sites for hydroxylation is 1. The van der Waals surface area contributed by atoms with Gasteiger partial charge in [-0.1, -0.05) is 0 Å². The summed E-state index contributed by atoms with van der Waals surface area (Å²) in [6, 6.07) is 5.14. The van der Waals surface area contributed by atoms with Crippen LogP contribution in [0.25, 0.3) is 0 Å². The highest BCUT2D eigenvalue weighted by Gasteiger charge is 2.26. The van der Waals surface area contributed by atoms with Crippen molar-refractivity contribution in [2.75, 3.05) is 25.4 Å². The third-order valence-corrected chi connectivity index (χ3v) is 3.35. The molecule has 1 heterocycles. The first-order valence-electron chi connectivity index (χ1n) is 6.46. The summed E-state index contributed by atoms with van der Waals surface area (Å²) >= 11 is 0. The van der Waals surface area contributed by atoms with E-state index in [1.165, 1.54) is 0 Å². The molecule has 0 spiro atoms. The number of carboxylic acids is 1. The summed E-state index contributed by atoms with van der Waals surface area (Å²) in [6.45, 7) is 2.98. The van der Waals surface area contributed by atoms with Crippen molar-refractivity contribution in [2.24, 2.45) is 0 Å². The van der Waals surface area contributed by atoms with Crippen LogP contribution in [0.2, 0.25) is 0 Å². The van der Waals surface area contributed by atoms with Crippen molar-refractivity contribution in [3.8, 4) is 0 Å². The molecule has 1 fully saturated rings. The standard InChI is InChI=1S/C14H18N2O4/c1-9-6-10(2-3-12(9)15)14(19)16-4-5-20-11(8-16)7-13(17)18/h2-3,6,11H,4-5,7-8,15H2,1H3,(H,17,18). The molecule has 0 bridgehead atoms. The van der Waals surface area contributed by atoms with Gasteiger partial charge in [0.15, 0.2) is 0 Å². The second kappa shape index (κ2) is 5.92. The van der Waals surface area contributed by atoms with Gasteiger partial charge in [-0.3, -0.25) is 9.59 Å². The zero-order valence-corrected chi connectivity index (χ0v) is 11.3. The molecule has 20 heavy (non-hydrogen) atoms. The lowest BCUT2D eigenvalue weighted by Crippen LogP contribution is -2.46. The Bertz CT molecular complexity index is 530. The van der Waals surface area contributed by atoms with E-state index in [4.69, 9.17) is 15.6 Å². The van der Waals surface area contributed by atoms with Crippen molar-refractivity contribution in [1.82, 2.24) is 4.90 Å². The van der Waals surface area contributed by atoms with Crippen LogP contribution in [0.5, 0.6) is 0 Å². The van der Waals surface area contributed by atoms with Crippen LogP contribution in [-0.2, 0) is 9.53 Å². The van der Waals surface area contributed by atoms with Crippen molar-refractivity contribution in [1.29, 1.82) is 0 Å². The Morgan fingerprint density at radius 2 is 2.25 bits per heavy atom. The van der Waals surface area contributed by atoms with Crippen LogP contribution in [0.3, 0.4) is 0 Å². The van der Waals surface area contributed by atoms with E-state index in [1.54, 1.807) is 23.1 Å². The summed E-state index contributed by atoms with van der Waals surface area (Å²) in [6.07, 6.45) is -0.537. The first kappa shape index (κ1) is 14.3. The molecule has 1 saturated heterocycles. The fourth-order valence-electron chi connectivity index (χ4n) is 2.21. The molecular formula is C14H18N2O4. The van der Waals surface area contributed by atoms with E-state index in [0.717, 1.165) is 5.56 Å². The number of nitrogens with two attached hydrogens (primary N) is 1. The number of morpholine rings is 1. The van der Waals surface area contributed by atoms with Crippen LogP contribution in [0.15, 0.2) is 18.2 Å². The topological polar surface area (TPSA) is 92.9 Å². The number of benzene rings is 1. The van der Waals surface area contributed by atoms with Crippen molar-refractivity contribution in [2.45, 2.75) is 19.4 Å². The third kappa shape index (κ3) is 3.27. The van der Waals surface area contributed by atoms with Crippen LogP contribution in [0.1, 0.15) is 22.3 Å². The highest BCUT2D eigenvalue weighted by atomic mass is 16.5. The number of carbonyl (C=O) groups excluding carboxylic acids is 1. The number of aliphatic carboxylic acids is 1. The minimum atomic E-state index is -0.923. The summed E-state index contributed by atoms with van der Waals surface area (Å²) in [5.41, 5.74) is 7.80. The van der Waals surface area contributed by atoms with Crippen LogP contribution >= 0.6 is 0 Å². The number of nitrogens with zero attached hydrogens (tertiary/aromatic N) is 1. The molecule has 1 unspecified atom stereocenters. The molecular weight excluding hydrogens is 260 g/mol. The zero-order valence-electron chi connectivity index (χ0n) is 11.3. The molecule has 1 aromatic carbocycles. The number of anilines is 1. The maximum Gasteiger partial charge on any atom is 0.306 e. The van der Waals surface area contributed by atoms with Gasteiger partial charge < -0.3 is 20.5 Å². The summed E-state index contributed by atoms with van der Waals surface area (Å²) < 4.78 is 5.35. The Hall–Kier alpha value is -2.08. The van der Waals surface area contributed by atoms with Gasteiger partial charge in [-0.05, 0) is 30.7 Å². The number of hydrogen-bond donors (Lipinski definition) is 2. The van der Waals surface area contributed by atoms with E-state index in [1.807, 2.05) is 6.92 Å². The highest BCUT2D eigenvalue weighted by molar-refractivity contribution is 5.95. The number of carboxylic acid groups (broad SMARTS) is 1. The summed E-state index contributed by atoms with van der Waals surface area (Å²) in [7, 11) is 0. The monoisotopic (exact) mass is 278 g/mol. The number of rotatable bonds is 3. The largest absolute Gasteiger partial charge is 0.481 e. The molecule has 1 aliphatic heterocycles. The first-order valence-corrected chi connectivity index (χ1v) is 6.46. The molecule has 1 atom stereocenters. The molecule has 3 N–H and O–H groups in total. The van der Waals surface area contributed by atoms with Crippen molar-refractivity contribution >= 4 is 17.6 Å². The lowest BCUT2D eigenvalue weighted by Gasteiger charge is -2.32. The molecule has 2 rings (SSSR count). The Morgan fingerprint density at radius 3 is 2.90 bits per heavy atom. The third-order valence-electron chi connectivity index (χ3n) is 3.35. The second-order valence-electron chi connectivity index (χ2n) is 4.91. The summed E-state index contributed by atoms with van der Waals surface area (Å²) in [5.74, 6) is -1.04. The van der Waals surface area contributed by atoms with E-state index in [-0.39, 0.29) is 12.3 Å². The van der Waals surface area contributed by atoms with Gasteiger partial charge in [0.2, 0.25) is 0 Å². The average molecular weight is 278 g/mol. The average Bonchev–Trinajstić information content (AvgIpc) is 2.40. The number of carbonyl (C=O) groups is 2. The van der Waals surface area contributed by atoms with Crippen molar-refractivity contribution < 1.29 is 19.4 Å². The van der Waals surface area contributed by atoms with Gasteiger partial charge in [0.05, 0.1) is 19.1 Å². The number of amides is 1. The van der Waals surface area contributed by atoms with Crippen LogP contribution in [0, 0.1) is 6.92 Å². The number of hydrogen-bond acceptors (Lipinski definition) is 4. The lowest BCUT2D eigenvalue weighted by molar-refractivity contribution is -0.141. The normalized spacial score (nSPS) is 18.9. The molecule has 1 aromatic rings. The molecule has 1 aliphatic rings. The van der Waals surface area contributed by atoms with Gasteiger partial charge in [-0.25, -0.2) is 0 Å². The van der Waals surface area contributed by atoms with Crippen LogP contribution in [-0.4, -0.2) is 47.7 Å². The zero-order chi connectivity index (χ0) is 14.7. The SMILES string of the molecule is Cc1cc(C(=O)N2CCOC(CC(=O)O)C2)ccc1N. The molecule has 6 heteroatoms. The van der Waals surface area contributed by atoms with Gasteiger partial charge in [-0.15, -0.1) is 0 Å². The molecule has 1 amide bonds. The van der Waals surface area contributed by atoms with Gasteiger partial charge in [0.1, 0.15) is 0 Å². The van der Waals surface area contributed by atoms with Gasteiger partial charge in [0.25, 0.3) is 5.91 Å². The van der Waals surface area contributed by atoms with E-state index in [2.05, 4.69) is 0 Å². The second-order valence-corrected chi connectivity index (χ2v) is 4.91. The fourth-order valence-corrected chi connectivity index (χ4v) is 2.21. The van der Waals surface area contributed by atoms with Gasteiger partial charge in [-0.2, -0.15) is 0 Å². The lowest BCUT2D eigenvalue weighted by atomic mass is 10.1. The smallest absolute Gasteiger partial charge is 0.306 e. The van der Waals surface area contributed by atoms with Crippen molar-refractivity contribution in [3.05, 3.63) is 29.3 Å². The maximum absolute atomic E-state index is 12.4. The van der Waals surface area contributed by atoms with E-state index in [9.17, 15) is 9.59 Å². The van der Waals surface area contributed by atoms with Crippen molar-refractivity contribution in [3.63, 3.8) is 0 Å². The Labute approximate surface area is 117 Å². The van der Waals surface area contributed by atoms with Gasteiger partial charge >= 0.3 is 5.97 Å². The predicted molar refractivity (Wildman–Crippen MR) is 73.5 cm³/mol.